The molecule has 3 rings (SSSR count). The van der Waals surface area contributed by atoms with E-state index in [1.54, 1.807) is 10.7 Å². The predicted octanol–water partition coefficient (Wildman–Crippen LogP) is 2.93. The monoisotopic (exact) mass is 274 g/mol. The Bertz CT molecular complexity index is 767. The van der Waals surface area contributed by atoms with Crippen LogP contribution >= 0.6 is 0 Å². The SMILES string of the molecule is Cc1ccn2nc(NCc3cc(F)ccc3F)nc2c1. The van der Waals surface area contributed by atoms with Gasteiger partial charge in [0, 0.05) is 18.3 Å². The molecule has 0 radical (unpaired) electrons. The molecular weight excluding hydrogens is 262 g/mol. The molecule has 2 aromatic heterocycles. The van der Waals surface area contributed by atoms with E-state index in [4.69, 9.17) is 0 Å². The lowest BCUT2D eigenvalue weighted by molar-refractivity contribution is 0.587. The van der Waals surface area contributed by atoms with Gasteiger partial charge < -0.3 is 5.32 Å². The molecule has 2 heterocycles. The number of nitrogens with one attached hydrogen (secondary N) is 1. The van der Waals surface area contributed by atoms with Crippen LogP contribution in [0.4, 0.5) is 14.7 Å². The summed E-state index contributed by atoms with van der Waals surface area (Å²) in [7, 11) is 0. The molecule has 0 fully saturated rings. The first-order valence-corrected chi connectivity index (χ1v) is 6.13. The third-order valence-corrected chi connectivity index (χ3v) is 2.94. The van der Waals surface area contributed by atoms with Crippen molar-refractivity contribution in [2.45, 2.75) is 13.5 Å². The van der Waals surface area contributed by atoms with Crippen LogP contribution < -0.4 is 5.32 Å². The molecule has 102 valence electrons. The quantitative estimate of drug-likeness (QED) is 0.798. The largest absolute Gasteiger partial charge is 0.349 e. The van der Waals surface area contributed by atoms with Crippen molar-refractivity contribution in [3.05, 3.63) is 59.3 Å². The second-order valence-electron chi connectivity index (χ2n) is 4.53. The highest BCUT2D eigenvalue weighted by molar-refractivity contribution is 5.45. The van der Waals surface area contributed by atoms with Crippen LogP contribution in [0.5, 0.6) is 0 Å². The Hall–Kier alpha value is -2.50. The Morgan fingerprint density at radius 3 is 2.90 bits per heavy atom. The highest BCUT2D eigenvalue weighted by atomic mass is 19.1. The maximum atomic E-state index is 13.5. The molecule has 1 aromatic carbocycles. The normalized spacial score (nSPS) is 10.9. The molecule has 1 N–H and O–H groups in total. The van der Waals surface area contributed by atoms with Crippen LogP contribution in [0.2, 0.25) is 0 Å². The zero-order valence-corrected chi connectivity index (χ0v) is 10.8. The summed E-state index contributed by atoms with van der Waals surface area (Å²) < 4.78 is 28.2. The highest BCUT2D eigenvalue weighted by Gasteiger charge is 2.06. The molecule has 0 aliphatic heterocycles. The van der Waals surface area contributed by atoms with Crippen LogP contribution in [0.3, 0.4) is 0 Å². The highest BCUT2D eigenvalue weighted by Crippen LogP contribution is 2.12. The van der Waals surface area contributed by atoms with Crippen LogP contribution in [0.25, 0.3) is 5.65 Å². The molecule has 0 amide bonds. The van der Waals surface area contributed by atoms with Gasteiger partial charge in [-0.25, -0.2) is 13.3 Å². The van der Waals surface area contributed by atoms with Crippen molar-refractivity contribution in [2.24, 2.45) is 0 Å². The van der Waals surface area contributed by atoms with E-state index in [9.17, 15) is 8.78 Å². The standard InChI is InChI=1S/C14H12F2N4/c1-9-4-5-20-13(6-9)18-14(19-20)17-8-10-7-11(15)2-3-12(10)16/h2-7H,8H2,1H3,(H,17,19). The third-order valence-electron chi connectivity index (χ3n) is 2.94. The molecule has 0 aliphatic carbocycles. The number of benzene rings is 1. The Kier molecular flexibility index (Phi) is 3.06. The minimum atomic E-state index is -0.471. The van der Waals surface area contributed by atoms with Crippen molar-refractivity contribution in [3.8, 4) is 0 Å². The number of halogens is 2. The Morgan fingerprint density at radius 1 is 1.20 bits per heavy atom. The molecule has 0 unspecified atom stereocenters. The van der Waals surface area contributed by atoms with E-state index in [1.807, 2.05) is 19.1 Å². The number of hydrogen-bond donors (Lipinski definition) is 1. The molecule has 3 aromatic rings. The number of anilines is 1. The second-order valence-corrected chi connectivity index (χ2v) is 4.53. The fourth-order valence-electron chi connectivity index (χ4n) is 1.91. The van der Waals surface area contributed by atoms with Crippen LogP contribution in [-0.2, 0) is 6.54 Å². The lowest BCUT2D eigenvalue weighted by Gasteiger charge is -2.03. The van der Waals surface area contributed by atoms with Gasteiger partial charge in [0.15, 0.2) is 5.65 Å². The van der Waals surface area contributed by atoms with Crippen molar-refractivity contribution in [1.29, 1.82) is 0 Å². The Balaban J connectivity index is 1.81. The van der Waals surface area contributed by atoms with Gasteiger partial charge in [-0.05, 0) is 42.8 Å². The van der Waals surface area contributed by atoms with E-state index in [2.05, 4.69) is 15.4 Å². The first kappa shape index (κ1) is 12.5. The summed E-state index contributed by atoms with van der Waals surface area (Å²) in [6.45, 7) is 2.09. The number of aryl methyl sites for hydroxylation is 1. The van der Waals surface area contributed by atoms with Crippen molar-refractivity contribution >= 4 is 11.6 Å². The van der Waals surface area contributed by atoms with Crippen molar-refractivity contribution in [2.75, 3.05) is 5.32 Å². The Labute approximate surface area is 114 Å². The summed E-state index contributed by atoms with van der Waals surface area (Å²) in [4.78, 5) is 4.27. The average Bonchev–Trinajstić information content (AvgIpc) is 2.81. The summed E-state index contributed by atoms with van der Waals surface area (Å²) in [6, 6.07) is 7.15. The van der Waals surface area contributed by atoms with Crippen LogP contribution in [0, 0.1) is 18.6 Å². The number of pyridine rings is 1. The lowest BCUT2D eigenvalue weighted by atomic mass is 10.2. The van der Waals surface area contributed by atoms with E-state index >= 15 is 0 Å². The molecular formula is C14H12F2N4. The number of nitrogens with zero attached hydrogens (tertiary/aromatic N) is 3. The van der Waals surface area contributed by atoms with Crippen LogP contribution in [0.15, 0.2) is 36.5 Å². The first-order valence-electron chi connectivity index (χ1n) is 6.13. The van der Waals surface area contributed by atoms with E-state index in [0.717, 1.165) is 23.8 Å². The topological polar surface area (TPSA) is 42.2 Å². The molecule has 6 heteroatoms. The van der Waals surface area contributed by atoms with E-state index in [-0.39, 0.29) is 12.1 Å². The number of rotatable bonds is 3. The van der Waals surface area contributed by atoms with Crippen molar-refractivity contribution in [1.82, 2.24) is 14.6 Å². The zero-order chi connectivity index (χ0) is 14.1. The van der Waals surface area contributed by atoms with Crippen molar-refractivity contribution < 1.29 is 8.78 Å². The lowest BCUT2D eigenvalue weighted by Crippen LogP contribution is -2.03. The third kappa shape index (κ3) is 2.45. The van der Waals surface area contributed by atoms with Gasteiger partial charge in [0.05, 0.1) is 0 Å². The second kappa shape index (κ2) is 4.88. The Morgan fingerprint density at radius 2 is 2.05 bits per heavy atom. The van der Waals surface area contributed by atoms with Gasteiger partial charge in [-0.3, -0.25) is 0 Å². The van der Waals surface area contributed by atoms with Gasteiger partial charge >= 0.3 is 0 Å². The summed E-state index contributed by atoms with van der Waals surface area (Å²) in [5.74, 6) is -0.556. The van der Waals surface area contributed by atoms with Gasteiger partial charge in [0.25, 0.3) is 0 Å². The van der Waals surface area contributed by atoms with Gasteiger partial charge in [-0.1, -0.05) is 0 Å². The molecule has 20 heavy (non-hydrogen) atoms. The minimum absolute atomic E-state index is 0.124. The summed E-state index contributed by atoms with van der Waals surface area (Å²) in [5, 5.41) is 7.09. The van der Waals surface area contributed by atoms with Crippen molar-refractivity contribution in [3.63, 3.8) is 0 Å². The molecule has 0 atom stereocenters. The summed E-state index contributed by atoms with van der Waals surface area (Å²) in [5.41, 5.74) is 2.01. The molecule has 4 nitrogen and oxygen atoms in total. The van der Waals surface area contributed by atoms with E-state index in [0.29, 0.717) is 11.6 Å². The van der Waals surface area contributed by atoms with E-state index in [1.165, 1.54) is 0 Å². The number of fused-ring (bicyclic) bond motifs is 1. The number of aromatic nitrogens is 3. The predicted molar refractivity (Wildman–Crippen MR) is 71.4 cm³/mol. The van der Waals surface area contributed by atoms with Gasteiger partial charge in [0.2, 0.25) is 5.95 Å². The minimum Gasteiger partial charge on any atom is -0.349 e. The summed E-state index contributed by atoms with van der Waals surface area (Å²) >= 11 is 0. The van der Waals surface area contributed by atoms with Crippen LogP contribution in [-0.4, -0.2) is 14.6 Å². The molecule has 0 aliphatic rings. The maximum Gasteiger partial charge on any atom is 0.243 e. The number of hydrogen-bond acceptors (Lipinski definition) is 3. The van der Waals surface area contributed by atoms with Gasteiger partial charge in [0.1, 0.15) is 11.6 Å². The first-order chi connectivity index (χ1) is 9.61. The maximum absolute atomic E-state index is 13.5. The summed E-state index contributed by atoms with van der Waals surface area (Å²) in [6.07, 6.45) is 1.80. The van der Waals surface area contributed by atoms with E-state index < -0.39 is 11.6 Å². The molecule has 0 saturated heterocycles. The molecule has 0 saturated carbocycles. The molecule has 0 spiro atoms. The van der Waals surface area contributed by atoms with Gasteiger partial charge in [-0.2, -0.15) is 4.98 Å². The molecule has 0 bridgehead atoms. The fourth-order valence-corrected chi connectivity index (χ4v) is 1.91. The fraction of sp³-hybridized carbons (Fsp3) is 0.143. The average molecular weight is 274 g/mol. The van der Waals surface area contributed by atoms with Crippen LogP contribution in [0.1, 0.15) is 11.1 Å². The smallest absolute Gasteiger partial charge is 0.243 e. The van der Waals surface area contributed by atoms with Gasteiger partial charge in [-0.15, -0.1) is 5.10 Å². The zero-order valence-electron chi connectivity index (χ0n) is 10.8.